The molecule has 166 valence electrons. The van der Waals surface area contributed by atoms with Gasteiger partial charge in [-0.25, -0.2) is 9.78 Å². The van der Waals surface area contributed by atoms with E-state index in [9.17, 15) is 9.59 Å². The van der Waals surface area contributed by atoms with E-state index in [1.54, 1.807) is 38.5 Å². The highest BCUT2D eigenvalue weighted by Gasteiger charge is 2.22. The Labute approximate surface area is 191 Å². The van der Waals surface area contributed by atoms with Crippen molar-refractivity contribution < 1.29 is 18.7 Å². The van der Waals surface area contributed by atoms with Gasteiger partial charge in [-0.05, 0) is 55.7 Å². The van der Waals surface area contributed by atoms with Crippen LogP contribution in [0.25, 0.3) is 33.4 Å². The Hall–Kier alpha value is -4.00. The van der Waals surface area contributed by atoms with Gasteiger partial charge < -0.3 is 14.1 Å². The first-order chi connectivity index (χ1) is 16.0. The highest BCUT2D eigenvalue weighted by molar-refractivity contribution is 5.98. The lowest BCUT2D eigenvalue weighted by molar-refractivity contribution is -0.117. The molecule has 4 aromatic rings. The average Bonchev–Trinajstić information content (AvgIpc) is 3.45. The summed E-state index contributed by atoms with van der Waals surface area (Å²) in [5.41, 5.74) is 4.97. The number of carbonyl (C=O) groups excluding carboxylic acids is 2. The molecule has 7 heteroatoms. The number of benzene rings is 1. The van der Waals surface area contributed by atoms with E-state index in [-0.39, 0.29) is 17.8 Å². The molecule has 33 heavy (non-hydrogen) atoms. The van der Waals surface area contributed by atoms with E-state index < -0.39 is 5.97 Å². The average molecular weight is 441 g/mol. The second kappa shape index (κ2) is 8.50. The molecule has 4 heterocycles. The number of furan rings is 1. The molecular formula is C26H23N3O4. The van der Waals surface area contributed by atoms with Crippen molar-refractivity contribution in [3.63, 3.8) is 0 Å². The first-order valence-electron chi connectivity index (χ1n) is 11.0. The summed E-state index contributed by atoms with van der Waals surface area (Å²) in [4.78, 5) is 34.8. The molecule has 0 radical (unpaired) electrons. The van der Waals surface area contributed by atoms with E-state index in [1.165, 1.54) is 0 Å². The second-order valence-corrected chi connectivity index (χ2v) is 8.30. The largest absolute Gasteiger partial charge is 0.457 e. The van der Waals surface area contributed by atoms with Gasteiger partial charge in [0, 0.05) is 59.8 Å². The minimum atomic E-state index is -0.516. The van der Waals surface area contributed by atoms with Gasteiger partial charge in [0.2, 0.25) is 17.4 Å². The van der Waals surface area contributed by atoms with E-state index in [0.29, 0.717) is 12.1 Å². The van der Waals surface area contributed by atoms with Crippen LogP contribution in [0.5, 0.6) is 0 Å². The van der Waals surface area contributed by atoms with Gasteiger partial charge in [-0.15, -0.1) is 0 Å². The molecule has 0 N–H and O–H groups in total. The van der Waals surface area contributed by atoms with Crippen molar-refractivity contribution in [1.29, 1.82) is 0 Å². The van der Waals surface area contributed by atoms with Crippen LogP contribution in [0.4, 0.5) is 5.69 Å². The van der Waals surface area contributed by atoms with Gasteiger partial charge in [-0.3, -0.25) is 9.78 Å². The number of amides is 1. The Kier molecular flexibility index (Phi) is 5.38. The smallest absolute Gasteiger partial charge is 0.374 e. The molecule has 0 unspecified atom stereocenters. The normalized spacial score (nSPS) is 13.8. The van der Waals surface area contributed by atoms with Crippen LogP contribution in [0.1, 0.15) is 37.2 Å². The Morgan fingerprint density at radius 1 is 1.06 bits per heavy atom. The third kappa shape index (κ3) is 4.09. The molecule has 1 saturated heterocycles. The maximum absolute atomic E-state index is 12.3. The summed E-state index contributed by atoms with van der Waals surface area (Å²) in [5, 5.41) is 0.718. The maximum Gasteiger partial charge on any atom is 0.374 e. The summed E-state index contributed by atoms with van der Waals surface area (Å²) in [6.07, 6.45) is 6.49. The van der Waals surface area contributed by atoms with Gasteiger partial charge in [-0.1, -0.05) is 12.1 Å². The summed E-state index contributed by atoms with van der Waals surface area (Å²) in [6, 6.07) is 13.5. The molecule has 0 spiro atoms. The van der Waals surface area contributed by atoms with Gasteiger partial charge in [0.1, 0.15) is 0 Å². The lowest BCUT2D eigenvalue weighted by Gasteiger charge is -2.16. The molecule has 3 aromatic heterocycles. The molecule has 0 aliphatic carbocycles. The third-order valence-corrected chi connectivity index (χ3v) is 5.61. The number of nitrogens with zero attached hydrogens (tertiary/aromatic N) is 3. The van der Waals surface area contributed by atoms with Crippen LogP contribution in [0.3, 0.4) is 0 Å². The molecule has 7 nitrogen and oxygen atoms in total. The topological polar surface area (TPSA) is 85.5 Å². The van der Waals surface area contributed by atoms with Crippen molar-refractivity contribution in [2.24, 2.45) is 0 Å². The van der Waals surface area contributed by atoms with Crippen LogP contribution < -0.4 is 4.90 Å². The van der Waals surface area contributed by atoms with Crippen molar-refractivity contribution in [2.75, 3.05) is 11.4 Å². The summed E-state index contributed by atoms with van der Waals surface area (Å²) < 4.78 is 10.9. The highest BCUT2D eigenvalue weighted by atomic mass is 16.6. The van der Waals surface area contributed by atoms with Crippen molar-refractivity contribution >= 4 is 28.7 Å². The number of aromatic nitrogens is 2. The van der Waals surface area contributed by atoms with Crippen molar-refractivity contribution in [2.45, 2.75) is 32.8 Å². The van der Waals surface area contributed by atoms with Crippen LogP contribution >= 0.6 is 0 Å². The van der Waals surface area contributed by atoms with Crippen LogP contribution in [0, 0.1) is 0 Å². The molecule has 5 rings (SSSR count). The van der Waals surface area contributed by atoms with Gasteiger partial charge in [-0.2, -0.15) is 0 Å². The van der Waals surface area contributed by atoms with Crippen LogP contribution in [-0.2, 0) is 9.53 Å². The predicted octanol–water partition coefficient (Wildman–Crippen LogP) is 5.25. The second-order valence-electron chi connectivity index (χ2n) is 8.30. The van der Waals surface area contributed by atoms with Crippen molar-refractivity contribution in [3.8, 4) is 22.3 Å². The number of fused-ring (bicyclic) bond motifs is 1. The molecule has 0 atom stereocenters. The van der Waals surface area contributed by atoms with Gasteiger partial charge in [0.15, 0.2) is 0 Å². The monoisotopic (exact) mass is 441 g/mol. The Morgan fingerprint density at radius 3 is 2.58 bits per heavy atom. The zero-order valence-electron chi connectivity index (χ0n) is 18.4. The minimum absolute atomic E-state index is 0.120. The van der Waals surface area contributed by atoms with Gasteiger partial charge in [0.25, 0.3) is 0 Å². The summed E-state index contributed by atoms with van der Waals surface area (Å²) >= 11 is 0. The number of hydrogen-bond acceptors (Lipinski definition) is 6. The van der Waals surface area contributed by atoms with E-state index in [0.717, 1.165) is 46.3 Å². The lowest BCUT2D eigenvalue weighted by atomic mass is 10.0. The fourth-order valence-electron chi connectivity index (χ4n) is 4.06. The Balaban J connectivity index is 1.47. The lowest BCUT2D eigenvalue weighted by Crippen LogP contribution is -2.23. The SMILES string of the molecule is CC(C)OC(=O)c1cc2c(-c3cncc(-c4ccc(N5CCCC5=O)cc4)c3)ccnc2o1. The minimum Gasteiger partial charge on any atom is -0.457 e. The number of ether oxygens (including phenoxy) is 1. The number of hydrogen-bond donors (Lipinski definition) is 0. The number of anilines is 1. The maximum atomic E-state index is 12.3. The Morgan fingerprint density at radius 2 is 1.85 bits per heavy atom. The van der Waals surface area contributed by atoms with Crippen molar-refractivity contribution in [1.82, 2.24) is 9.97 Å². The predicted molar refractivity (Wildman–Crippen MR) is 125 cm³/mol. The summed E-state index contributed by atoms with van der Waals surface area (Å²) in [5.74, 6) is -0.225. The number of esters is 1. The van der Waals surface area contributed by atoms with Crippen LogP contribution in [0.2, 0.25) is 0 Å². The molecular weight excluding hydrogens is 418 g/mol. The standard InChI is InChI=1S/C26H23N3O4/c1-16(2)32-26(31)23-13-22-21(9-10-28-25(22)33-23)19-12-18(14-27-15-19)17-5-7-20(8-6-17)29-11-3-4-24(29)30/h5-10,12-16H,3-4,11H2,1-2H3. The number of pyridine rings is 2. The number of carbonyl (C=O) groups is 2. The van der Waals surface area contributed by atoms with Crippen LogP contribution in [-0.4, -0.2) is 34.5 Å². The molecule has 1 aliphatic heterocycles. The third-order valence-electron chi connectivity index (χ3n) is 5.61. The number of rotatable bonds is 5. The van der Waals surface area contributed by atoms with E-state index in [4.69, 9.17) is 9.15 Å². The molecule has 0 bridgehead atoms. The zero-order valence-corrected chi connectivity index (χ0v) is 18.4. The highest BCUT2D eigenvalue weighted by Crippen LogP contribution is 2.33. The fraction of sp³-hybridized carbons (Fsp3) is 0.231. The quantitative estimate of drug-likeness (QED) is 0.393. The van der Waals surface area contributed by atoms with E-state index in [1.807, 2.05) is 41.3 Å². The Bertz CT molecular complexity index is 1340. The van der Waals surface area contributed by atoms with E-state index in [2.05, 4.69) is 9.97 Å². The zero-order chi connectivity index (χ0) is 22.9. The molecule has 1 fully saturated rings. The molecule has 0 saturated carbocycles. The first-order valence-corrected chi connectivity index (χ1v) is 11.0. The molecule has 1 aliphatic rings. The van der Waals surface area contributed by atoms with Gasteiger partial charge >= 0.3 is 5.97 Å². The molecule has 1 amide bonds. The summed E-state index contributed by atoms with van der Waals surface area (Å²) in [7, 11) is 0. The van der Waals surface area contributed by atoms with E-state index >= 15 is 0 Å². The summed E-state index contributed by atoms with van der Waals surface area (Å²) in [6.45, 7) is 4.35. The first kappa shape index (κ1) is 20.9. The molecule has 1 aromatic carbocycles. The van der Waals surface area contributed by atoms with Crippen molar-refractivity contribution in [3.05, 3.63) is 66.8 Å². The van der Waals surface area contributed by atoms with Gasteiger partial charge in [0.05, 0.1) is 6.10 Å². The van der Waals surface area contributed by atoms with Crippen LogP contribution in [0.15, 0.2) is 65.5 Å². The fourth-order valence-corrected chi connectivity index (χ4v) is 4.06.